The second-order valence-corrected chi connectivity index (χ2v) is 6.93. The summed E-state index contributed by atoms with van der Waals surface area (Å²) in [5.41, 5.74) is 1.83. The fourth-order valence-electron chi connectivity index (χ4n) is 3.83. The smallest absolute Gasteiger partial charge is 0.250 e. The van der Waals surface area contributed by atoms with Gasteiger partial charge in [-0.2, -0.15) is 0 Å². The van der Waals surface area contributed by atoms with Gasteiger partial charge in [0.15, 0.2) is 5.11 Å². The molecule has 0 unspecified atom stereocenters. The van der Waals surface area contributed by atoms with Crippen molar-refractivity contribution in [1.29, 1.82) is 0 Å². The van der Waals surface area contributed by atoms with Gasteiger partial charge in [0.2, 0.25) is 0 Å². The van der Waals surface area contributed by atoms with Crippen LogP contribution in [0, 0.1) is 11.7 Å². The van der Waals surface area contributed by atoms with Crippen molar-refractivity contribution in [2.24, 2.45) is 5.92 Å². The first-order valence-electron chi connectivity index (χ1n) is 8.11. The Kier molecular flexibility index (Phi) is 3.84. The predicted octanol–water partition coefficient (Wildman–Crippen LogP) is 2.80. The number of piperidine rings is 1. The highest BCUT2D eigenvalue weighted by atomic mass is 32.1. The minimum Gasteiger partial charge on any atom is -0.348 e. The molecule has 2 aliphatic heterocycles. The Morgan fingerprint density at radius 1 is 1.17 bits per heavy atom. The van der Waals surface area contributed by atoms with Gasteiger partial charge in [-0.15, -0.1) is 0 Å². The molecule has 124 valence electrons. The molecule has 0 aliphatic carbocycles. The van der Waals surface area contributed by atoms with Crippen LogP contribution in [0.3, 0.4) is 0 Å². The molecule has 2 aromatic rings. The number of fused-ring (bicyclic) bond motifs is 4. The molecule has 4 nitrogen and oxygen atoms in total. The number of pyridine rings is 1. The van der Waals surface area contributed by atoms with Crippen molar-refractivity contribution in [2.75, 3.05) is 18.4 Å². The van der Waals surface area contributed by atoms with Crippen molar-refractivity contribution < 1.29 is 4.39 Å². The van der Waals surface area contributed by atoms with Crippen LogP contribution in [0.2, 0.25) is 0 Å². The summed E-state index contributed by atoms with van der Waals surface area (Å²) in [5.74, 6) is 0.425. The number of nitrogens with one attached hydrogen (secondary N) is 1. The van der Waals surface area contributed by atoms with Crippen LogP contribution < -0.4 is 10.9 Å². The average Bonchev–Trinajstić information content (AvgIpc) is 2.56. The Labute approximate surface area is 144 Å². The minimum atomic E-state index is -0.286. The second kappa shape index (κ2) is 6.02. The lowest BCUT2D eigenvalue weighted by Gasteiger charge is -2.43. The number of aromatic nitrogens is 1. The third-order valence-corrected chi connectivity index (χ3v) is 5.20. The van der Waals surface area contributed by atoms with Crippen LogP contribution in [0.5, 0.6) is 0 Å². The molecule has 2 aliphatic rings. The van der Waals surface area contributed by atoms with Gasteiger partial charge in [-0.1, -0.05) is 12.1 Å². The van der Waals surface area contributed by atoms with E-state index in [1.54, 1.807) is 18.2 Å². The summed E-state index contributed by atoms with van der Waals surface area (Å²) in [4.78, 5) is 14.2. The lowest BCUT2D eigenvalue weighted by Crippen LogP contribution is -2.50. The average molecular weight is 343 g/mol. The number of rotatable bonds is 1. The van der Waals surface area contributed by atoms with Crippen molar-refractivity contribution in [3.8, 4) is 0 Å². The molecule has 1 N–H and O–H groups in total. The molecule has 0 spiro atoms. The Hall–Kier alpha value is -2.21. The quantitative estimate of drug-likeness (QED) is 0.808. The molecular weight excluding hydrogens is 325 g/mol. The number of benzene rings is 1. The molecule has 2 atom stereocenters. The molecule has 1 aromatic heterocycles. The van der Waals surface area contributed by atoms with E-state index in [4.69, 9.17) is 12.2 Å². The van der Waals surface area contributed by atoms with Crippen molar-refractivity contribution >= 4 is 23.0 Å². The summed E-state index contributed by atoms with van der Waals surface area (Å²) < 4.78 is 15.2. The Morgan fingerprint density at radius 2 is 2.00 bits per heavy atom. The van der Waals surface area contributed by atoms with E-state index in [1.807, 2.05) is 16.7 Å². The molecule has 24 heavy (non-hydrogen) atoms. The third kappa shape index (κ3) is 2.82. The van der Waals surface area contributed by atoms with Crippen LogP contribution in [-0.4, -0.2) is 27.7 Å². The van der Waals surface area contributed by atoms with Gasteiger partial charge in [-0.05, 0) is 48.8 Å². The number of halogens is 1. The van der Waals surface area contributed by atoms with Gasteiger partial charge in [0.25, 0.3) is 5.56 Å². The summed E-state index contributed by atoms with van der Waals surface area (Å²) in [6, 6.07) is 11.8. The summed E-state index contributed by atoms with van der Waals surface area (Å²) in [6.07, 6.45) is 1.09. The first kappa shape index (κ1) is 15.3. The van der Waals surface area contributed by atoms with E-state index in [9.17, 15) is 9.18 Å². The molecule has 0 saturated carbocycles. The van der Waals surface area contributed by atoms with Gasteiger partial charge < -0.3 is 14.8 Å². The van der Waals surface area contributed by atoms with Gasteiger partial charge in [-0.25, -0.2) is 4.39 Å². The molecule has 6 heteroatoms. The molecule has 4 rings (SSSR count). The van der Waals surface area contributed by atoms with Gasteiger partial charge >= 0.3 is 0 Å². The number of nitrogens with zero attached hydrogens (tertiary/aromatic N) is 2. The van der Waals surface area contributed by atoms with Crippen LogP contribution in [0.15, 0.2) is 47.3 Å². The molecule has 1 aromatic carbocycles. The SMILES string of the molecule is O=c1cccc2n1C[C@H]1C[C@@H]2CN(C(=S)Nc2cccc(F)c2)C1. The summed E-state index contributed by atoms with van der Waals surface area (Å²) >= 11 is 5.53. The summed E-state index contributed by atoms with van der Waals surface area (Å²) in [6.45, 7) is 2.34. The molecule has 1 saturated heterocycles. The first-order chi connectivity index (χ1) is 11.6. The number of hydrogen-bond donors (Lipinski definition) is 1. The van der Waals surface area contributed by atoms with Crippen LogP contribution in [-0.2, 0) is 6.54 Å². The van der Waals surface area contributed by atoms with E-state index in [2.05, 4.69) is 10.2 Å². The Bertz CT molecular complexity index is 850. The molecule has 1 fully saturated rings. The highest BCUT2D eigenvalue weighted by Gasteiger charge is 2.35. The number of anilines is 1. The van der Waals surface area contributed by atoms with Crippen LogP contribution in [0.1, 0.15) is 18.0 Å². The van der Waals surface area contributed by atoms with E-state index >= 15 is 0 Å². The lowest BCUT2D eigenvalue weighted by molar-refractivity contribution is 0.180. The second-order valence-electron chi connectivity index (χ2n) is 6.54. The van der Waals surface area contributed by atoms with Crippen LogP contribution in [0.4, 0.5) is 10.1 Å². The molecule has 0 amide bonds. The fourth-order valence-corrected chi connectivity index (χ4v) is 4.10. The van der Waals surface area contributed by atoms with E-state index < -0.39 is 0 Å². The monoisotopic (exact) mass is 343 g/mol. The first-order valence-corrected chi connectivity index (χ1v) is 8.52. The fraction of sp³-hybridized carbons (Fsp3) is 0.333. The topological polar surface area (TPSA) is 37.3 Å². The highest BCUT2D eigenvalue weighted by molar-refractivity contribution is 7.80. The van der Waals surface area contributed by atoms with E-state index in [0.717, 1.165) is 31.7 Å². The van der Waals surface area contributed by atoms with Crippen molar-refractivity contribution in [2.45, 2.75) is 18.9 Å². The highest BCUT2D eigenvalue weighted by Crippen LogP contribution is 2.35. The predicted molar refractivity (Wildman–Crippen MR) is 95.7 cm³/mol. The standard InChI is InChI=1S/C18H18FN3OS/c19-14-3-1-4-15(8-14)20-18(24)21-9-12-7-13(11-21)16-5-2-6-17(23)22(16)10-12/h1-6,8,12-13H,7,9-11H2,(H,20,24)/t12-,13+/m0/s1. The maximum absolute atomic E-state index is 13.3. The zero-order valence-electron chi connectivity index (χ0n) is 13.1. The number of thiocarbonyl (C=S) groups is 1. The van der Waals surface area contributed by atoms with Crippen LogP contribution >= 0.6 is 12.2 Å². The van der Waals surface area contributed by atoms with Crippen molar-refractivity contribution in [3.05, 3.63) is 64.3 Å². The summed E-state index contributed by atoms with van der Waals surface area (Å²) in [5, 5.41) is 3.74. The van der Waals surface area contributed by atoms with Gasteiger partial charge in [0.05, 0.1) is 0 Å². The van der Waals surface area contributed by atoms with Gasteiger partial charge in [0.1, 0.15) is 5.82 Å². The zero-order chi connectivity index (χ0) is 16.7. The largest absolute Gasteiger partial charge is 0.348 e. The molecule has 2 bridgehead atoms. The normalized spacial score (nSPS) is 22.0. The zero-order valence-corrected chi connectivity index (χ0v) is 13.9. The molecule has 0 radical (unpaired) electrons. The Morgan fingerprint density at radius 3 is 2.83 bits per heavy atom. The molecule has 3 heterocycles. The number of hydrogen-bond acceptors (Lipinski definition) is 2. The maximum atomic E-state index is 13.3. The summed E-state index contributed by atoms with van der Waals surface area (Å²) in [7, 11) is 0. The van der Waals surface area contributed by atoms with Crippen molar-refractivity contribution in [1.82, 2.24) is 9.47 Å². The Balaban J connectivity index is 1.53. The lowest BCUT2D eigenvalue weighted by atomic mass is 9.83. The minimum absolute atomic E-state index is 0.0797. The van der Waals surface area contributed by atoms with Crippen LogP contribution in [0.25, 0.3) is 0 Å². The van der Waals surface area contributed by atoms with Gasteiger partial charge in [0, 0.05) is 43.0 Å². The van der Waals surface area contributed by atoms with E-state index in [1.165, 1.54) is 12.1 Å². The molecular formula is C18H18FN3OS. The van der Waals surface area contributed by atoms with E-state index in [-0.39, 0.29) is 11.4 Å². The third-order valence-electron chi connectivity index (χ3n) is 4.84. The number of likely N-dealkylation sites (tertiary alicyclic amines) is 1. The maximum Gasteiger partial charge on any atom is 0.250 e. The van der Waals surface area contributed by atoms with E-state index in [0.29, 0.717) is 22.6 Å². The van der Waals surface area contributed by atoms with Gasteiger partial charge in [-0.3, -0.25) is 4.79 Å². The van der Waals surface area contributed by atoms with Crippen molar-refractivity contribution in [3.63, 3.8) is 0 Å².